The summed E-state index contributed by atoms with van der Waals surface area (Å²) < 4.78 is 5.94. The molecule has 2 unspecified atom stereocenters. The fourth-order valence-electron chi connectivity index (χ4n) is 2.22. The minimum Gasteiger partial charge on any atom is -0.396 e. The third-order valence-electron chi connectivity index (χ3n) is 3.75. The standard InChI is InChI=1S/C13H27NO2/c1-5-13(4,8-9-15)14-10-11-6-7-12(2,3)16-11/h11,14-15H,5-10H2,1-4H3. The lowest BCUT2D eigenvalue weighted by molar-refractivity contribution is -0.0175. The molecule has 1 saturated heterocycles. The Morgan fingerprint density at radius 1 is 1.50 bits per heavy atom. The number of hydrogen-bond donors (Lipinski definition) is 2. The van der Waals surface area contributed by atoms with Crippen molar-refractivity contribution in [3.05, 3.63) is 0 Å². The number of aliphatic hydroxyl groups is 1. The minimum atomic E-state index is 0.0465. The third-order valence-corrected chi connectivity index (χ3v) is 3.75. The summed E-state index contributed by atoms with van der Waals surface area (Å²) in [6.45, 7) is 9.77. The van der Waals surface area contributed by atoms with Crippen LogP contribution in [0.25, 0.3) is 0 Å². The molecule has 16 heavy (non-hydrogen) atoms. The maximum absolute atomic E-state index is 9.04. The van der Waals surface area contributed by atoms with Crippen LogP contribution in [0.5, 0.6) is 0 Å². The maximum atomic E-state index is 9.04. The summed E-state index contributed by atoms with van der Waals surface area (Å²) in [6.07, 6.45) is 4.45. The molecule has 0 radical (unpaired) electrons. The van der Waals surface area contributed by atoms with Gasteiger partial charge in [0, 0.05) is 18.7 Å². The molecule has 3 heteroatoms. The van der Waals surface area contributed by atoms with E-state index in [2.05, 4.69) is 33.0 Å². The minimum absolute atomic E-state index is 0.0465. The molecule has 0 bridgehead atoms. The van der Waals surface area contributed by atoms with Gasteiger partial charge in [-0.1, -0.05) is 6.92 Å². The molecule has 3 nitrogen and oxygen atoms in total. The highest BCUT2D eigenvalue weighted by atomic mass is 16.5. The molecule has 1 aliphatic heterocycles. The van der Waals surface area contributed by atoms with E-state index in [1.54, 1.807) is 0 Å². The summed E-state index contributed by atoms with van der Waals surface area (Å²) in [6, 6.07) is 0. The quantitative estimate of drug-likeness (QED) is 0.733. The fraction of sp³-hybridized carbons (Fsp3) is 1.00. The van der Waals surface area contributed by atoms with Crippen LogP contribution in [0.15, 0.2) is 0 Å². The smallest absolute Gasteiger partial charge is 0.0708 e. The van der Waals surface area contributed by atoms with Crippen molar-refractivity contribution in [2.75, 3.05) is 13.2 Å². The Balaban J connectivity index is 2.33. The summed E-state index contributed by atoms with van der Waals surface area (Å²) in [5.41, 5.74) is 0.0940. The Hall–Kier alpha value is -0.120. The molecule has 2 atom stereocenters. The predicted octanol–water partition coefficient (Wildman–Crippen LogP) is 2.08. The highest BCUT2D eigenvalue weighted by Gasteiger charge is 2.32. The zero-order valence-corrected chi connectivity index (χ0v) is 11.2. The molecule has 0 spiro atoms. The van der Waals surface area contributed by atoms with Gasteiger partial charge in [-0.3, -0.25) is 0 Å². The molecule has 0 aromatic rings. The number of aliphatic hydroxyl groups excluding tert-OH is 1. The van der Waals surface area contributed by atoms with Gasteiger partial charge >= 0.3 is 0 Å². The molecule has 96 valence electrons. The van der Waals surface area contributed by atoms with Crippen LogP contribution in [-0.4, -0.2) is 35.5 Å². The SMILES string of the molecule is CCC(C)(CCO)NCC1CCC(C)(C)O1. The number of ether oxygens (including phenoxy) is 1. The van der Waals surface area contributed by atoms with Crippen molar-refractivity contribution in [2.45, 2.75) is 70.6 Å². The third kappa shape index (κ3) is 4.04. The van der Waals surface area contributed by atoms with E-state index >= 15 is 0 Å². The molecule has 0 saturated carbocycles. The average Bonchev–Trinajstić information content (AvgIpc) is 2.56. The van der Waals surface area contributed by atoms with Crippen molar-refractivity contribution in [1.82, 2.24) is 5.32 Å². The van der Waals surface area contributed by atoms with Crippen molar-refractivity contribution in [3.8, 4) is 0 Å². The molecular formula is C13H27NO2. The van der Waals surface area contributed by atoms with Gasteiger partial charge in [0.25, 0.3) is 0 Å². The molecule has 0 aromatic heterocycles. The first-order chi connectivity index (χ1) is 7.41. The largest absolute Gasteiger partial charge is 0.396 e. The Kier molecular flexibility index (Phi) is 4.77. The van der Waals surface area contributed by atoms with E-state index in [9.17, 15) is 0 Å². The van der Waals surface area contributed by atoms with E-state index in [1.807, 2.05) is 0 Å². The summed E-state index contributed by atoms with van der Waals surface area (Å²) in [5.74, 6) is 0. The van der Waals surface area contributed by atoms with E-state index in [0.29, 0.717) is 6.10 Å². The highest BCUT2D eigenvalue weighted by molar-refractivity contribution is 4.86. The van der Waals surface area contributed by atoms with Crippen LogP contribution in [0.3, 0.4) is 0 Å². The Labute approximate surface area is 99.6 Å². The normalized spacial score (nSPS) is 27.9. The molecule has 1 aliphatic rings. The first kappa shape index (κ1) is 13.9. The van der Waals surface area contributed by atoms with Gasteiger partial charge in [-0.05, 0) is 46.5 Å². The van der Waals surface area contributed by atoms with Crippen LogP contribution in [0, 0.1) is 0 Å². The van der Waals surface area contributed by atoms with Crippen molar-refractivity contribution in [2.24, 2.45) is 0 Å². The van der Waals surface area contributed by atoms with Crippen molar-refractivity contribution in [1.29, 1.82) is 0 Å². The second-order valence-electron chi connectivity index (χ2n) is 5.81. The van der Waals surface area contributed by atoms with Crippen LogP contribution >= 0.6 is 0 Å². The van der Waals surface area contributed by atoms with E-state index in [4.69, 9.17) is 9.84 Å². The molecule has 0 amide bonds. The molecule has 2 N–H and O–H groups in total. The van der Waals surface area contributed by atoms with E-state index in [-0.39, 0.29) is 17.7 Å². The van der Waals surface area contributed by atoms with Gasteiger partial charge in [-0.2, -0.15) is 0 Å². The highest BCUT2D eigenvalue weighted by Crippen LogP contribution is 2.29. The molecular weight excluding hydrogens is 202 g/mol. The molecule has 0 aliphatic carbocycles. The van der Waals surface area contributed by atoms with Gasteiger partial charge in [0.2, 0.25) is 0 Å². The zero-order valence-electron chi connectivity index (χ0n) is 11.2. The predicted molar refractivity (Wildman–Crippen MR) is 66.6 cm³/mol. The lowest BCUT2D eigenvalue weighted by Crippen LogP contribution is -2.46. The molecule has 0 aromatic carbocycles. The second-order valence-corrected chi connectivity index (χ2v) is 5.81. The van der Waals surface area contributed by atoms with Crippen LogP contribution in [0.2, 0.25) is 0 Å². The monoisotopic (exact) mass is 229 g/mol. The molecule has 1 rings (SSSR count). The van der Waals surface area contributed by atoms with Crippen molar-refractivity contribution in [3.63, 3.8) is 0 Å². The Bertz CT molecular complexity index is 218. The van der Waals surface area contributed by atoms with Gasteiger partial charge in [0.05, 0.1) is 11.7 Å². The summed E-state index contributed by atoms with van der Waals surface area (Å²) in [4.78, 5) is 0. The van der Waals surface area contributed by atoms with E-state index in [0.717, 1.165) is 32.2 Å². The summed E-state index contributed by atoms with van der Waals surface area (Å²) in [7, 11) is 0. The van der Waals surface area contributed by atoms with Crippen molar-refractivity contribution < 1.29 is 9.84 Å². The summed E-state index contributed by atoms with van der Waals surface area (Å²) in [5, 5.41) is 12.6. The average molecular weight is 229 g/mol. The second kappa shape index (κ2) is 5.48. The first-order valence-corrected chi connectivity index (χ1v) is 6.44. The maximum Gasteiger partial charge on any atom is 0.0708 e. The fourth-order valence-corrected chi connectivity index (χ4v) is 2.22. The van der Waals surface area contributed by atoms with Gasteiger partial charge in [-0.25, -0.2) is 0 Å². The Morgan fingerprint density at radius 3 is 2.62 bits per heavy atom. The van der Waals surface area contributed by atoms with Crippen molar-refractivity contribution >= 4 is 0 Å². The van der Waals surface area contributed by atoms with Gasteiger partial charge < -0.3 is 15.2 Å². The van der Waals surface area contributed by atoms with Gasteiger partial charge in [-0.15, -0.1) is 0 Å². The first-order valence-electron chi connectivity index (χ1n) is 6.44. The lowest BCUT2D eigenvalue weighted by atomic mass is 9.94. The topological polar surface area (TPSA) is 41.5 Å². The van der Waals surface area contributed by atoms with Crippen LogP contribution in [0.4, 0.5) is 0 Å². The number of hydrogen-bond acceptors (Lipinski definition) is 3. The number of nitrogens with one attached hydrogen (secondary N) is 1. The Morgan fingerprint density at radius 2 is 2.19 bits per heavy atom. The van der Waals surface area contributed by atoms with E-state index < -0.39 is 0 Å². The summed E-state index contributed by atoms with van der Waals surface area (Å²) >= 11 is 0. The molecule has 1 heterocycles. The lowest BCUT2D eigenvalue weighted by Gasteiger charge is -2.31. The van der Waals surface area contributed by atoms with Crippen LogP contribution < -0.4 is 5.32 Å². The van der Waals surface area contributed by atoms with Crippen LogP contribution in [-0.2, 0) is 4.74 Å². The van der Waals surface area contributed by atoms with Gasteiger partial charge in [0.1, 0.15) is 0 Å². The van der Waals surface area contributed by atoms with Crippen LogP contribution in [0.1, 0.15) is 53.4 Å². The zero-order chi connectivity index (χ0) is 12.2. The molecule has 1 fully saturated rings. The van der Waals surface area contributed by atoms with Gasteiger partial charge in [0.15, 0.2) is 0 Å². The van der Waals surface area contributed by atoms with E-state index in [1.165, 1.54) is 0 Å². The number of rotatable bonds is 6.